The first-order valence-corrected chi connectivity index (χ1v) is 8.32. The number of halogens is 4. The number of hydrogen-bond donors (Lipinski definition) is 1. The van der Waals surface area contributed by atoms with E-state index in [0.717, 1.165) is 0 Å². The number of carbonyl (C=O) groups excluding carboxylic acids is 1. The number of aromatic hydroxyl groups is 1. The third-order valence-corrected chi connectivity index (χ3v) is 4.65. The summed E-state index contributed by atoms with van der Waals surface area (Å²) in [7, 11) is 0. The van der Waals surface area contributed by atoms with Crippen LogP contribution in [0.15, 0.2) is 49.7 Å². The van der Waals surface area contributed by atoms with Gasteiger partial charge in [-0.1, -0.05) is 18.2 Å². The molecule has 0 saturated heterocycles. The van der Waals surface area contributed by atoms with Crippen molar-refractivity contribution in [2.75, 3.05) is 0 Å². The minimum absolute atomic E-state index is 0.0456. The molecular weight excluding hydrogens is 450 g/mol. The van der Waals surface area contributed by atoms with E-state index < -0.39 is 17.5 Å². The lowest BCUT2D eigenvalue weighted by Gasteiger charge is -2.10. The summed E-state index contributed by atoms with van der Waals surface area (Å²) in [6, 6.07) is 6.86. The number of fused-ring (bicyclic) bond motifs is 1. The Hall–Kier alpha value is -1.73. The Morgan fingerprint density at radius 3 is 2.50 bits per heavy atom. The summed E-state index contributed by atoms with van der Waals surface area (Å²) in [6.07, 6.45) is 0. The third kappa shape index (κ3) is 2.86. The van der Waals surface area contributed by atoms with E-state index in [1.54, 1.807) is 0 Å². The molecule has 0 aliphatic heterocycles. The van der Waals surface area contributed by atoms with Crippen LogP contribution in [0.3, 0.4) is 0 Å². The average molecular weight is 461 g/mol. The molecule has 1 aromatic heterocycles. The smallest absolute Gasteiger partial charge is 0.302 e. The summed E-state index contributed by atoms with van der Waals surface area (Å²) in [5.41, 5.74) is -0.115. The largest absolute Gasteiger partial charge is 0.506 e. The third-order valence-electron chi connectivity index (χ3n) is 3.44. The zero-order chi connectivity index (χ0) is 18.5. The van der Waals surface area contributed by atoms with Crippen LogP contribution in [0.5, 0.6) is 5.75 Å². The number of alkyl halides is 2. The molecule has 0 atom stereocenters. The standard InChI is InChI=1S/C17H10Br2F2O3/c1-17(20,21)16-13(9-4-2-3-5-12(9)24-16)14(22)8-6-10(18)15(23)11(19)7-8/h2-7,23H,1H3/i3D. The van der Waals surface area contributed by atoms with Gasteiger partial charge in [0.1, 0.15) is 11.3 Å². The van der Waals surface area contributed by atoms with Crippen LogP contribution in [-0.4, -0.2) is 10.9 Å². The Morgan fingerprint density at radius 1 is 1.29 bits per heavy atom. The highest BCUT2D eigenvalue weighted by Crippen LogP contribution is 2.39. The van der Waals surface area contributed by atoms with Crippen molar-refractivity contribution in [2.24, 2.45) is 0 Å². The molecule has 0 spiro atoms. The first-order valence-electron chi connectivity index (χ1n) is 7.23. The second kappa shape index (κ2) is 5.97. The van der Waals surface area contributed by atoms with Crippen LogP contribution >= 0.6 is 31.9 Å². The first-order chi connectivity index (χ1) is 11.6. The molecular formula is C17H10Br2F2O3. The van der Waals surface area contributed by atoms with Gasteiger partial charge in [-0.2, -0.15) is 8.78 Å². The lowest BCUT2D eigenvalue weighted by molar-refractivity contribution is -0.00469. The Morgan fingerprint density at radius 2 is 1.92 bits per heavy atom. The molecule has 1 heterocycles. The minimum atomic E-state index is -3.38. The predicted molar refractivity (Wildman–Crippen MR) is 92.7 cm³/mol. The zero-order valence-electron chi connectivity index (χ0n) is 13.2. The van der Waals surface area contributed by atoms with Crippen molar-refractivity contribution in [1.82, 2.24) is 0 Å². The van der Waals surface area contributed by atoms with Gasteiger partial charge in [0, 0.05) is 17.9 Å². The number of phenolic OH excluding ortho intramolecular Hbond substituents is 1. The van der Waals surface area contributed by atoms with Crippen LogP contribution in [0.25, 0.3) is 11.0 Å². The molecule has 24 heavy (non-hydrogen) atoms. The molecule has 2 aromatic carbocycles. The Balaban J connectivity index is 2.28. The van der Waals surface area contributed by atoms with E-state index in [1.165, 1.54) is 30.3 Å². The fourth-order valence-corrected chi connectivity index (χ4v) is 3.55. The lowest BCUT2D eigenvalue weighted by atomic mass is 9.98. The molecule has 0 unspecified atom stereocenters. The summed E-state index contributed by atoms with van der Waals surface area (Å²) < 4.78 is 41.3. The van der Waals surface area contributed by atoms with Gasteiger partial charge in [-0.3, -0.25) is 4.79 Å². The highest BCUT2D eigenvalue weighted by molar-refractivity contribution is 9.11. The Kier molecular flexibility index (Phi) is 3.92. The van der Waals surface area contributed by atoms with Crippen LogP contribution in [0.1, 0.15) is 30.0 Å². The van der Waals surface area contributed by atoms with Crippen molar-refractivity contribution in [3.05, 3.63) is 62.2 Å². The van der Waals surface area contributed by atoms with E-state index in [2.05, 4.69) is 31.9 Å². The van der Waals surface area contributed by atoms with Gasteiger partial charge in [0.05, 0.1) is 15.9 Å². The van der Waals surface area contributed by atoms with Crippen molar-refractivity contribution in [1.29, 1.82) is 0 Å². The van der Waals surface area contributed by atoms with E-state index in [0.29, 0.717) is 6.92 Å². The minimum Gasteiger partial charge on any atom is -0.506 e. The number of benzene rings is 2. The van der Waals surface area contributed by atoms with Crippen molar-refractivity contribution in [3.63, 3.8) is 0 Å². The maximum atomic E-state index is 14.0. The molecule has 0 fully saturated rings. The van der Waals surface area contributed by atoms with Crippen LogP contribution in [0, 0.1) is 0 Å². The van der Waals surface area contributed by atoms with Gasteiger partial charge in [0.2, 0.25) is 0 Å². The Bertz CT molecular complexity index is 986. The van der Waals surface area contributed by atoms with Gasteiger partial charge in [-0.25, -0.2) is 0 Å². The molecule has 7 heteroatoms. The van der Waals surface area contributed by atoms with Crippen LogP contribution in [-0.2, 0) is 5.92 Å². The SMILES string of the molecule is [2H]c1ccc2c(C(=O)c3cc(Br)c(O)c(Br)c3)c(C(C)(F)F)oc2c1. The fourth-order valence-electron chi connectivity index (χ4n) is 2.36. The van der Waals surface area contributed by atoms with Crippen LogP contribution in [0.2, 0.25) is 0 Å². The zero-order valence-corrected chi connectivity index (χ0v) is 15.3. The molecule has 124 valence electrons. The second-order valence-electron chi connectivity index (χ2n) is 5.23. The highest BCUT2D eigenvalue weighted by atomic mass is 79.9. The summed E-state index contributed by atoms with van der Waals surface area (Å²) in [6.45, 7) is 0.645. The average Bonchev–Trinajstić information content (AvgIpc) is 2.90. The van der Waals surface area contributed by atoms with E-state index >= 15 is 0 Å². The molecule has 1 N–H and O–H groups in total. The summed E-state index contributed by atoms with van der Waals surface area (Å²) in [4.78, 5) is 12.9. The molecule has 0 aliphatic carbocycles. The van der Waals surface area contributed by atoms with E-state index in [9.17, 15) is 18.7 Å². The quantitative estimate of drug-likeness (QED) is 0.487. The molecule has 0 saturated carbocycles. The van der Waals surface area contributed by atoms with Gasteiger partial charge in [0.25, 0.3) is 0 Å². The Labute approximate surface area is 153 Å². The van der Waals surface area contributed by atoms with Gasteiger partial charge in [0.15, 0.2) is 11.5 Å². The summed E-state index contributed by atoms with van der Waals surface area (Å²) >= 11 is 6.23. The van der Waals surface area contributed by atoms with Crippen molar-refractivity contribution in [3.8, 4) is 5.75 Å². The van der Waals surface area contributed by atoms with E-state index in [4.69, 9.17) is 5.79 Å². The molecule has 3 nitrogen and oxygen atoms in total. The molecule has 3 rings (SSSR count). The first kappa shape index (κ1) is 15.8. The summed E-state index contributed by atoms with van der Waals surface area (Å²) in [5, 5.41) is 9.97. The predicted octanol–water partition coefficient (Wildman–Crippen LogP) is 6.01. The second-order valence-corrected chi connectivity index (χ2v) is 6.94. The van der Waals surface area contributed by atoms with Crippen LogP contribution < -0.4 is 0 Å². The maximum Gasteiger partial charge on any atom is 0.302 e. The van der Waals surface area contributed by atoms with E-state index in [-0.39, 0.29) is 42.8 Å². The lowest BCUT2D eigenvalue weighted by Crippen LogP contribution is -2.13. The van der Waals surface area contributed by atoms with Crippen molar-refractivity contribution < 1.29 is 24.5 Å². The maximum absolute atomic E-state index is 14.0. The van der Waals surface area contributed by atoms with E-state index in [1.807, 2.05) is 0 Å². The number of ketones is 1. The van der Waals surface area contributed by atoms with Gasteiger partial charge in [-0.15, -0.1) is 0 Å². The highest BCUT2D eigenvalue weighted by Gasteiger charge is 2.36. The molecule has 0 radical (unpaired) electrons. The fraction of sp³-hybridized carbons (Fsp3) is 0.118. The normalized spacial score (nSPS) is 12.5. The van der Waals surface area contributed by atoms with Gasteiger partial charge >= 0.3 is 5.92 Å². The topological polar surface area (TPSA) is 50.4 Å². The van der Waals surface area contributed by atoms with Gasteiger partial charge < -0.3 is 9.52 Å². The molecule has 0 aliphatic rings. The number of para-hydroxylation sites is 1. The molecule has 0 bridgehead atoms. The number of carbonyl (C=O) groups is 1. The molecule has 0 amide bonds. The van der Waals surface area contributed by atoms with Crippen LogP contribution in [0.4, 0.5) is 8.78 Å². The van der Waals surface area contributed by atoms with Gasteiger partial charge in [-0.05, 0) is 50.1 Å². The number of furan rings is 1. The van der Waals surface area contributed by atoms with Crippen molar-refractivity contribution >= 4 is 48.6 Å². The monoisotopic (exact) mass is 459 g/mol. The number of phenols is 1. The number of rotatable bonds is 3. The number of hydrogen-bond acceptors (Lipinski definition) is 3. The summed E-state index contributed by atoms with van der Waals surface area (Å²) in [5.74, 6) is -4.90. The van der Waals surface area contributed by atoms with Crippen molar-refractivity contribution in [2.45, 2.75) is 12.8 Å². The molecule has 3 aromatic rings.